The molecule has 1 fully saturated rings. The van der Waals surface area contributed by atoms with Gasteiger partial charge in [0, 0.05) is 19.1 Å². The van der Waals surface area contributed by atoms with Gasteiger partial charge in [0.1, 0.15) is 0 Å². The van der Waals surface area contributed by atoms with Crippen LogP contribution in [0.2, 0.25) is 0 Å². The van der Waals surface area contributed by atoms with E-state index in [0.717, 1.165) is 25.7 Å². The molecular weight excluding hydrogens is 232 g/mol. The number of nitrogens with one attached hydrogen (secondary N) is 1. The molecule has 1 unspecified atom stereocenters. The fraction of sp³-hybridized carbons (Fsp3) is 0.647. The van der Waals surface area contributed by atoms with Crippen molar-refractivity contribution in [2.75, 3.05) is 19.6 Å². The maximum Gasteiger partial charge on any atom is 0.0237 e. The van der Waals surface area contributed by atoms with Crippen LogP contribution in [0, 0.1) is 13.8 Å². The van der Waals surface area contributed by atoms with E-state index in [1.54, 1.807) is 0 Å². The Bertz CT molecular complexity index is 380. The van der Waals surface area contributed by atoms with E-state index in [1.807, 2.05) is 0 Å². The Kier molecular flexibility index (Phi) is 5.41. The minimum atomic E-state index is 0.729. The third-order valence-electron chi connectivity index (χ3n) is 3.97. The Hall–Kier alpha value is -0.860. The molecule has 0 aromatic heterocycles. The van der Waals surface area contributed by atoms with Crippen LogP contribution in [0.15, 0.2) is 18.2 Å². The van der Waals surface area contributed by atoms with Crippen LogP contribution >= 0.6 is 0 Å². The van der Waals surface area contributed by atoms with Gasteiger partial charge in [0.25, 0.3) is 0 Å². The largest absolute Gasteiger partial charge is 0.315 e. The molecule has 0 saturated carbocycles. The maximum absolute atomic E-state index is 3.57. The van der Waals surface area contributed by atoms with Gasteiger partial charge in [0.2, 0.25) is 0 Å². The van der Waals surface area contributed by atoms with E-state index in [2.05, 4.69) is 49.2 Å². The Morgan fingerprint density at radius 2 is 1.95 bits per heavy atom. The van der Waals surface area contributed by atoms with Crippen LogP contribution in [-0.4, -0.2) is 30.6 Å². The molecule has 1 aromatic rings. The molecule has 2 nitrogen and oxygen atoms in total. The maximum atomic E-state index is 3.57. The molecule has 0 bridgehead atoms. The second-order valence-electron chi connectivity index (χ2n) is 5.97. The number of benzene rings is 1. The third-order valence-corrected chi connectivity index (χ3v) is 3.97. The van der Waals surface area contributed by atoms with Gasteiger partial charge in [-0.2, -0.15) is 0 Å². The summed E-state index contributed by atoms with van der Waals surface area (Å²) in [5.74, 6) is 0. The van der Waals surface area contributed by atoms with Gasteiger partial charge in [-0.15, -0.1) is 0 Å². The molecule has 1 N–H and O–H groups in total. The average molecular weight is 260 g/mol. The zero-order valence-corrected chi connectivity index (χ0v) is 12.7. The second-order valence-corrected chi connectivity index (χ2v) is 5.97. The zero-order chi connectivity index (χ0) is 13.7. The first-order valence-corrected chi connectivity index (χ1v) is 7.71. The summed E-state index contributed by atoms with van der Waals surface area (Å²) in [6.45, 7) is 11.3. The van der Waals surface area contributed by atoms with Crippen molar-refractivity contribution in [3.05, 3.63) is 34.9 Å². The van der Waals surface area contributed by atoms with Crippen LogP contribution in [0.3, 0.4) is 0 Å². The first kappa shape index (κ1) is 14.5. The topological polar surface area (TPSA) is 15.3 Å². The van der Waals surface area contributed by atoms with Crippen molar-refractivity contribution in [3.8, 4) is 0 Å². The van der Waals surface area contributed by atoms with E-state index in [4.69, 9.17) is 0 Å². The number of aryl methyl sites for hydroxylation is 2. The van der Waals surface area contributed by atoms with E-state index in [0.29, 0.717) is 0 Å². The van der Waals surface area contributed by atoms with Crippen LogP contribution in [0.1, 0.15) is 42.9 Å². The van der Waals surface area contributed by atoms with Crippen molar-refractivity contribution in [1.82, 2.24) is 10.2 Å². The molecule has 0 radical (unpaired) electrons. The minimum Gasteiger partial charge on any atom is -0.315 e. The van der Waals surface area contributed by atoms with Crippen LogP contribution in [-0.2, 0) is 6.54 Å². The summed E-state index contributed by atoms with van der Waals surface area (Å²) in [5, 5.41) is 3.57. The second kappa shape index (κ2) is 7.06. The first-order chi connectivity index (χ1) is 9.19. The summed E-state index contributed by atoms with van der Waals surface area (Å²) < 4.78 is 0. The molecule has 1 aromatic carbocycles. The van der Waals surface area contributed by atoms with Gasteiger partial charge in [-0.05, 0) is 51.8 Å². The fourth-order valence-electron chi connectivity index (χ4n) is 3.17. The number of likely N-dealkylation sites (tertiary alicyclic amines) is 1. The molecule has 0 aliphatic carbocycles. The van der Waals surface area contributed by atoms with Gasteiger partial charge in [-0.1, -0.05) is 36.2 Å². The van der Waals surface area contributed by atoms with Crippen LogP contribution < -0.4 is 5.32 Å². The quantitative estimate of drug-likeness (QED) is 0.790. The summed E-state index contributed by atoms with van der Waals surface area (Å²) in [5.41, 5.74) is 4.24. The lowest BCUT2D eigenvalue weighted by molar-refractivity contribution is 0.239. The van der Waals surface area contributed by atoms with Gasteiger partial charge >= 0.3 is 0 Å². The molecule has 19 heavy (non-hydrogen) atoms. The molecular formula is C17H28N2. The number of rotatable bonds is 6. The molecule has 2 heteroatoms. The molecule has 1 aliphatic rings. The highest BCUT2D eigenvalue weighted by Gasteiger charge is 2.23. The minimum absolute atomic E-state index is 0.729. The molecule has 1 heterocycles. The van der Waals surface area contributed by atoms with Crippen LogP contribution in [0.25, 0.3) is 0 Å². The van der Waals surface area contributed by atoms with Gasteiger partial charge in [0.05, 0.1) is 0 Å². The average Bonchev–Trinajstić information content (AvgIpc) is 2.76. The van der Waals surface area contributed by atoms with E-state index in [1.165, 1.54) is 42.5 Å². The zero-order valence-electron chi connectivity index (χ0n) is 12.7. The van der Waals surface area contributed by atoms with Gasteiger partial charge < -0.3 is 5.32 Å². The van der Waals surface area contributed by atoms with E-state index in [-0.39, 0.29) is 0 Å². The van der Waals surface area contributed by atoms with Gasteiger partial charge in [-0.25, -0.2) is 0 Å². The SMILES string of the molecule is CCCNCC1CCCN1Cc1cc(C)cc(C)c1. The molecule has 106 valence electrons. The lowest BCUT2D eigenvalue weighted by Gasteiger charge is -2.25. The molecule has 1 atom stereocenters. The Balaban J connectivity index is 1.93. The number of hydrogen-bond acceptors (Lipinski definition) is 2. The molecule has 2 rings (SSSR count). The molecule has 1 saturated heterocycles. The van der Waals surface area contributed by atoms with Crippen molar-refractivity contribution in [1.29, 1.82) is 0 Å². The summed E-state index contributed by atoms with van der Waals surface area (Å²) in [7, 11) is 0. The predicted octanol–water partition coefficient (Wildman–Crippen LogP) is 3.27. The Morgan fingerprint density at radius 1 is 1.21 bits per heavy atom. The highest BCUT2D eigenvalue weighted by molar-refractivity contribution is 5.28. The summed E-state index contributed by atoms with van der Waals surface area (Å²) in [6.07, 6.45) is 3.93. The van der Waals surface area contributed by atoms with Crippen molar-refractivity contribution < 1.29 is 0 Å². The molecule has 0 spiro atoms. The lowest BCUT2D eigenvalue weighted by Crippen LogP contribution is -2.37. The summed E-state index contributed by atoms with van der Waals surface area (Å²) in [4.78, 5) is 2.65. The fourth-order valence-corrected chi connectivity index (χ4v) is 3.17. The van der Waals surface area contributed by atoms with E-state index >= 15 is 0 Å². The monoisotopic (exact) mass is 260 g/mol. The highest BCUT2D eigenvalue weighted by Crippen LogP contribution is 2.20. The van der Waals surface area contributed by atoms with E-state index < -0.39 is 0 Å². The van der Waals surface area contributed by atoms with Crippen LogP contribution in [0.4, 0.5) is 0 Å². The Morgan fingerprint density at radius 3 is 2.63 bits per heavy atom. The van der Waals surface area contributed by atoms with Gasteiger partial charge in [-0.3, -0.25) is 4.90 Å². The normalized spacial score (nSPS) is 20.1. The third kappa shape index (κ3) is 4.32. The lowest BCUT2D eigenvalue weighted by atomic mass is 10.1. The smallest absolute Gasteiger partial charge is 0.0237 e. The number of hydrogen-bond donors (Lipinski definition) is 1. The molecule has 0 amide bonds. The van der Waals surface area contributed by atoms with Crippen molar-refractivity contribution in [2.24, 2.45) is 0 Å². The van der Waals surface area contributed by atoms with Crippen molar-refractivity contribution >= 4 is 0 Å². The Labute approximate surface area is 118 Å². The highest BCUT2D eigenvalue weighted by atomic mass is 15.2. The summed E-state index contributed by atoms with van der Waals surface area (Å²) in [6, 6.07) is 7.66. The van der Waals surface area contributed by atoms with Crippen molar-refractivity contribution in [2.45, 2.75) is 52.6 Å². The standard InChI is InChI=1S/C17H28N2/c1-4-7-18-12-17-6-5-8-19(17)13-16-10-14(2)9-15(3)11-16/h9-11,17-18H,4-8,12-13H2,1-3H3. The van der Waals surface area contributed by atoms with E-state index in [9.17, 15) is 0 Å². The number of nitrogens with zero attached hydrogens (tertiary/aromatic N) is 1. The molecule has 1 aliphatic heterocycles. The van der Waals surface area contributed by atoms with Crippen LogP contribution in [0.5, 0.6) is 0 Å². The van der Waals surface area contributed by atoms with Crippen molar-refractivity contribution in [3.63, 3.8) is 0 Å². The summed E-state index contributed by atoms with van der Waals surface area (Å²) >= 11 is 0. The first-order valence-electron chi connectivity index (χ1n) is 7.71. The van der Waals surface area contributed by atoms with Gasteiger partial charge in [0.15, 0.2) is 0 Å². The predicted molar refractivity (Wildman–Crippen MR) is 82.5 cm³/mol.